The minimum absolute atomic E-state index is 0.115. The van der Waals surface area contributed by atoms with Crippen LogP contribution in [-0.4, -0.2) is 12.5 Å². The molecule has 0 atom stereocenters. The summed E-state index contributed by atoms with van der Waals surface area (Å²) in [6.45, 7) is 0.521. The molecule has 0 spiro atoms. The maximum atomic E-state index is 12.7. The fourth-order valence-corrected chi connectivity index (χ4v) is 1.84. The first-order valence-corrected chi connectivity index (χ1v) is 6.41. The molecule has 19 heavy (non-hydrogen) atoms. The van der Waals surface area contributed by atoms with Crippen LogP contribution in [0.1, 0.15) is 15.9 Å². The minimum Gasteiger partial charge on any atom is -0.352 e. The van der Waals surface area contributed by atoms with Gasteiger partial charge < -0.3 is 5.32 Å². The molecule has 0 saturated heterocycles. The maximum absolute atomic E-state index is 12.7. The van der Waals surface area contributed by atoms with E-state index in [-0.39, 0.29) is 11.7 Å². The van der Waals surface area contributed by atoms with Gasteiger partial charge in [-0.3, -0.25) is 4.79 Å². The Labute approximate surface area is 117 Å². The van der Waals surface area contributed by atoms with Crippen molar-refractivity contribution < 1.29 is 9.18 Å². The Morgan fingerprint density at radius 1 is 1.05 bits per heavy atom. The van der Waals surface area contributed by atoms with Crippen LogP contribution in [0.3, 0.4) is 0 Å². The van der Waals surface area contributed by atoms with Crippen molar-refractivity contribution in [1.82, 2.24) is 5.32 Å². The van der Waals surface area contributed by atoms with Crippen molar-refractivity contribution in [3.63, 3.8) is 0 Å². The average molecular weight is 275 g/mol. The number of carbonyl (C=O) groups is 1. The lowest BCUT2D eigenvalue weighted by molar-refractivity contribution is 0.0954. The van der Waals surface area contributed by atoms with Gasteiger partial charge in [-0.25, -0.2) is 4.39 Å². The molecule has 98 valence electrons. The van der Waals surface area contributed by atoms with Crippen LogP contribution >= 0.6 is 12.6 Å². The van der Waals surface area contributed by atoms with Crippen LogP contribution in [0.15, 0.2) is 53.4 Å². The molecule has 0 fully saturated rings. The van der Waals surface area contributed by atoms with E-state index >= 15 is 0 Å². The summed E-state index contributed by atoms with van der Waals surface area (Å²) in [6, 6.07) is 13.3. The Balaban J connectivity index is 1.84. The molecular formula is C15H14FNOS. The van der Waals surface area contributed by atoms with Gasteiger partial charge in [0.25, 0.3) is 5.91 Å². The lowest BCUT2D eigenvalue weighted by atomic mass is 10.1. The van der Waals surface area contributed by atoms with Gasteiger partial charge >= 0.3 is 0 Å². The molecule has 4 heteroatoms. The third-order valence-electron chi connectivity index (χ3n) is 2.74. The summed E-state index contributed by atoms with van der Waals surface area (Å²) in [5, 5.41) is 2.82. The quantitative estimate of drug-likeness (QED) is 0.825. The van der Waals surface area contributed by atoms with E-state index in [4.69, 9.17) is 0 Å². The third kappa shape index (κ3) is 4.10. The number of halogens is 1. The molecule has 0 aromatic heterocycles. The zero-order chi connectivity index (χ0) is 13.7. The van der Waals surface area contributed by atoms with E-state index in [1.54, 1.807) is 36.4 Å². The van der Waals surface area contributed by atoms with Crippen LogP contribution in [0.5, 0.6) is 0 Å². The number of carbonyl (C=O) groups excluding carboxylic acids is 1. The van der Waals surface area contributed by atoms with E-state index in [1.165, 1.54) is 12.1 Å². The van der Waals surface area contributed by atoms with E-state index in [9.17, 15) is 9.18 Å². The first-order valence-electron chi connectivity index (χ1n) is 5.97. The minimum atomic E-state index is -0.250. The Bertz CT molecular complexity index is 551. The smallest absolute Gasteiger partial charge is 0.251 e. The normalized spacial score (nSPS) is 10.2. The van der Waals surface area contributed by atoms with E-state index in [0.29, 0.717) is 18.5 Å². The first-order chi connectivity index (χ1) is 9.15. The molecule has 0 unspecified atom stereocenters. The largest absolute Gasteiger partial charge is 0.352 e. The summed E-state index contributed by atoms with van der Waals surface area (Å²) in [5.74, 6) is -0.366. The van der Waals surface area contributed by atoms with Gasteiger partial charge in [0.1, 0.15) is 5.82 Å². The molecule has 2 rings (SSSR count). The molecule has 0 heterocycles. The van der Waals surface area contributed by atoms with Crippen LogP contribution < -0.4 is 5.32 Å². The van der Waals surface area contributed by atoms with Crippen LogP contribution in [0.2, 0.25) is 0 Å². The Morgan fingerprint density at radius 2 is 1.68 bits per heavy atom. The number of amides is 1. The third-order valence-corrected chi connectivity index (χ3v) is 3.04. The van der Waals surface area contributed by atoms with Gasteiger partial charge in [-0.1, -0.05) is 12.1 Å². The van der Waals surface area contributed by atoms with Crippen molar-refractivity contribution in [2.45, 2.75) is 11.3 Å². The molecule has 0 aliphatic rings. The SMILES string of the molecule is O=C(NCCc1ccc(F)cc1)c1ccc(S)cc1. The van der Waals surface area contributed by atoms with Crippen molar-refractivity contribution in [3.05, 3.63) is 65.5 Å². The molecule has 2 nitrogen and oxygen atoms in total. The topological polar surface area (TPSA) is 29.1 Å². The molecule has 0 aliphatic heterocycles. The highest BCUT2D eigenvalue weighted by atomic mass is 32.1. The number of rotatable bonds is 4. The van der Waals surface area contributed by atoms with Gasteiger partial charge in [0.2, 0.25) is 0 Å². The zero-order valence-electron chi connectivity index (χ0n) is 10.3. The van der Waals surface area contributed by atoms with Gasteiger partial charge in [-0.05, 0) is 48.4 Å². The molecule has 2 aromatic carbocycles. The van der Waals surface area contributed by atoms with Crippen LogP contribution in [0.4, 0.5) is 4.39 Å². The summed E-state index contributed by atoms with van der Waals surface area (Å²) >= 11 is 4.16. The fourth-order valence-electron chi connectivity index (χ4n) is 1.69. The summed E-state index contributed by atoms with van der Waals surface area (Å²) in [4.78, 5) is 12.6. The fraction of sp³-hybridized carbons (Fsp3) is 0.133. The van der Waals surface area contributed by atoms with Crippen molar-refractivity contribution >= 4 is 18.5 Å². The Hall–Kier alpha value is -1.81. The van der Waals surface area contributed by atoms with E-state index in [1.807, 2.05) is 0 Å². The van der Waals surface area contributed by atoms with Gasteiger partial charge in [0.05, 0.1) is 0 Å². The highest BCUT2D eigenvalue weighted by Crippen LogP contribution is 2.07. The lowest BCUT2D eigenvalue weighted by Crippen LogP contribution is -2.25. The lowest BCUT2D eigenvalue weighted by Gasteiger charge is -2.05. The predicted octanol–water partition coefficient (Wildman–Crippen LogP) is 3.09. The molecule has 2 aromatic rings. The standard InChI is InChI=1S/C15H14FNOS/c16-13-5-1-11(2-6-13)9-10-17-15(18)12-3-7-14(19)8-4-12/h1-8,19H,9-10H2,(H,17,18). The van der Waals surface area contributed by atoms with Crippen LogP contribution in [0.25, 0.3) is 0 Å². The van der Waals surface area contributed by atoms with Crippen molar-refractivity contribution in [3.8, 4) is 0 Å². The molecule has 0 aliphatic carbocycles. The number of thiol groups is 1. The number of nitrogens with one attached hydrogen (secondary N) is 1. The van der Waals surface area contributed by atoms with Crippen LogP contribution in [0, 0.1) is 5.82 Å². The highest BCUT2D eigenvalue weighted by Gasteiger charge is 2.04. The van der Waals surface area contributed by atoms with Gasteiger partial charge in [0.15, 0.2) is 0 Å². The van der Waals surface area contributed by atoms with Crippen molar-refractivity contribution in [2.75, 3.05) is 6.54 Å². The zero-order valence-corrected chi connectivity index (χ0v) is 11.2. The molecule has 0 bridgehead atoms. The van der Waals surface area contributed by atoms with Crippen molar-refractivity contribution in [1.29, 1.82) is 0 Å². The highest BCUT2D eigenvalue weighted by molar-refractivity contribution is 7.80. The number of hydrogen-bond donors (Lipinski definition) is 2. The molecular weight excluding hydrogens is 261 g/mol. The predicted molar refractivity (Wildman–Crippen MR) is 76.1 cm³/mol. The summed E-state index contributed by atoms with van der Waals surface area (Å²) in [7, 11) is 0. The molecule has 0 saturated carbocycles. The van der Waals surface area contributed by atoms with Gasteiger partial charge in [0, 0.05) is 17.0 Å². The summed E-state index contributed by atoms with van der Waals surface area (Å²) in [6.07, 6.45) is 0.677. The van der Waals surface area contributed by atoms with E-state index in [0.717, 1.165) is 10.5 Å². The number of hydrogen-bond acceptors (Lipinski definition) is 2. The van der Waals surface area contributed by atoms with Gasteiger partial charge in [-0.15, -0.1) is 12.6 Å². The second-order valence-corrected chi connectivity index (χ2v) is 4.70. The van der Waals surface area contributed by atoms with Gasteiger partial charge in [-0.2, -0.15) is 0 Å². The Kier molecular flexibility index (Phi) is 4.58. The van der Waals surface area contributed by atoms with Crippen LogP contribution in [-0.2, 0) is 6.42 Å². The molecule has 1 N–H and O–H groups in total. The van der Waals surface area contributed by atoms with E-state index < -0.39 is 0 Å². The maximum Gasteiger partial charge on any atom is 0.251 e. The molecule has 0 radical (unpaired) electrons. The summed E-state index contributed by atoms with van der Waals surface area (Å²) in [5.41, 5.74) is 1.60. The number of benzene rings is 2. The summed E-state index contributed by atoms with van der Waals surface area (Å²) < 4.78 is 12.7. The first kappa shape index (κ1) is 13.6. The monoisotopic (exact) mass is 275 g/mol. The Morgan fingerprint density at radius 3 is 2.32 bits per heavy atom. The van der Waals surface area contributed by atoms with Crippen molar-refractivity contribution in [2.24, 2.45) is 0 Å². The molecule has 1 amide bonds. The average Bonchev–Trinajstić information content (AvgIpc) is 2.41. The second-order valence-electron chi connectivity index (χ2n) is 4.18. The van der Waals surface area contributed by atoms with E-state index in [2.05, 4.69) is 17.9 Å². The second kappa shape index (κ2) is 6.38.